The molecule has 1 heteroatoms. The summed E-state index contributed by atoms with van der Waals surface area (Å²) in [5.74, 6) is 0.560. The fourth-order valence-electron chi connectivity index (χ4n) is 1.66. The van der Waals surface area contributed by atoms with Gasteiger partial charge in [0, 0.05) is 6.42 Å². The first-order valence-corrected chi connectivity index (χ1v) is 5.52. The molecule has 0 atom stereocenters. The molecule has 1 aromatic rings. The molecule has 0 amide bonds. The maximum absolute atomic E-state index is 11.4. The normalized spacial score (nSPS) is 14.2. The van der Waals surface area contributed by atoms with E-state index in [2.05, 4.69) is 31.2 Å². The zero-order chi connectivity index (χ0) is 10.7. The molecule has 0 unspecified atom stereocenters. The topological polar surface area (TPSA) is 17.1 Å². The second-order valence-electron chi connectivity index (χ2n) is 4.22. The summed E-state index contributed by atoms with van der Waals surface area (Å²) >= 11 is 0. The molecule has 1 aromatic carbocycles. The van der Waals surface area contributed by atoms with Gasteiger partial charge in [-0.15, -0.1) is 0 Å². The maximum atomic E-state index is 11.4. The third-order valence-corrected chi connectivity index (χ3v) is 2.77. The zero-order valence-electron chi connectivity index (χ0n) is 9.07. The summed E-state index contributed by atoms with van der Waals surface area (Å²) < 4.78 is 0. The lowest BCUT2D eigenvalue weighted by Crippen LogP contribution is -2.01. The van der Waals surface area contributed by atoms with Gasteiger partial charge in [0.2, 0.25) is 0 Å². The number of Topliss-reactive ketones (excluding diaryl/α,β-unsaturated/α-hetero) is 1. The number of aryl methyl sites for hydroxylation is 2. The highest BCUT2D eigenvalue weighted by atomic mass is 16.1. The fourth-order valence-corrected chi connectivity index (χ4v) is 1.66. The SMILES string of the molecule is Cc1ccc(CCCC(=O)C2C=C2)cc1. The van der Waals surface area contributed by atoms with Crippen molar-refractivity contribution in [1.29, 1.82) is 0 Å². The molecule has 0 aromatic heterocycles. The van der Waals surface area contributed by atoms with Gasteiger partial charge in [0.05, 0.1) is 5.92 Å². The van der Waals surface area contributed by atoms with Crippen molar-refractivity contribution in [3.05, 3.63) is 47.5 Å². The van der Waals surface area contributed by atoms with Crippen LogP contribution in [0.3, 0.4) is 0 Å². The van der Waals surface area contributed by atoms with Gasteiger partial charge in [-0.3, -0.25) is 4.79 Å². The van der Waals surface area contributed by atoms with Gasteiger partial charge >= 0.3 is 0 Å². The Morgan fingerprint density at radius 3 is 2.47 bits per heavy atom. The van der Waals surface area contributed by atoms with Crippen LogP contribution in [0, 0.1) is 12.8 Å². The van der Waals surface area contributed by atoms with Gasteiger partial charge in [0.1, 0.15) is 5.78 Å². The molecule has 1 aliphatic carbocycles. The van der Waals surface area contributed by atoms with E-state index < -0.39 is 0 Å². The molecule has 0 N–H and O–H groups in total. The van der Waals surface area contributed by atoms with Crippen molar-refractivity contribution in [1.82, 2.24) is 0 Å². The van der Waals surface area contributed by atoms with Crippen LogP contribution in [-0.2, 0) is 11.2 Å². The lowest BCUT2D eigenvalue weighted by Gasteiger charge is -2.01. The first-order chi connectivity index (χ1) is 7.25. The van der Waals surface area contributed by atoms with Crippen molar-refractivity contribution in [2.45, 2.75) is 26.2 Å². The zero-order valence-corrected chi connectivity index (χ0v) is 9.07. The van der Waals surface area contributed by atoms with Crippen molar-refractivity contribution in [3.8, 4) is 0 Å². The molecule has 0 saturated heterocycles. The van der Waals surface area contributed by atoms with E-state index in [0.29, 0.717) is 12.2 Å². The Morgan fingerprint density at radius 1 is 1.20 bits per heavy atom. The van der Waals surface area contributed by atoms with Gasteiger partial charge in [-0.2, -0.15) is 0 Å². The number of hydrogen-bond acceptors (Lipinski definition) is 1. The molecule has 0 radical (unpaired) electrons. The molecule has 78 valence electrons. The highest BCUT2D eigenvalue weighted by molar-refractivity contribution is 5.87. The van der Waals surface area contributed by atoms with Crippen molar-refractivity contribution in [2.24, 2.45) is 5.92 Å². The third kappa shape index (κ3) is 3.05. The average molecular weight is 200 g/mol. The molecule has 1 aliphatic rings. The standard InChI is InChI=1S/C14H16O/c1-11-5-7-12(8-6-11)3-2-4-14(15)13-9-10-13/h5-10,13H,2-4H2,1H3. The van der Waals surface area contributed by atoms with E-state index in [1.807, 2.05) is 12.2 Å². The minimum atomic E-state index is 0.183. The van der Waals surface area contributed by atoms with Gasteiger partial charge in [-0.05, 0) is 25.3 Å². The van der Waals surface area contributed by atoms with Crippen LogP contribution < -0.4 is 0 Å². The molecule has 0 aliphatic heterocycles. The first-order valence-electron chi connectivity index (χ1n) is 5.52. The third-order valence-electron chi connectivity index (χ3n) is 2.77. The summed E-state index contributed by atoms with van der Waals surface area (Å²) in [5, 5.41) is 0. The Balaban J connectivity index is 1.73. The van der Waals surface area contributed by atoms with E-state index in [4.69, 9.17) is 0 Å². The van der Waals surface area contributed by atoms with Crippen LogP contribution in [0.5, 0.6) is 0 Å². The Kier molecular flexibility index (Phi) is 3.00. The van der Waals surface area contributed by atoms with Crippen LogP contribution in [0.4, 0.5) is 0 Å². The van der Waals surface area contributed by atoms with Crippen molar-refractivity contribution >= 4 is 5.78 Å². The Labute approximate surface area is 90.8 Å². The predicted octanol–water partition coefficient (Wildman–Crippen LogP) is 3.07. The van der Waals surface area contributed by atoms with Gasteiger partial charge < -0.3 is 0 Å². The summed E-state index contributed by atoms with van der Waals surface area (Å²) in [6.07, 6.45) is 6.63. The summed E-state index contributed by atoms with van der Waals surface area (Å²) in [6.45, 7) is 2.09. The molecule has 15 heavy (non-hydrogen) atoms. The van der Waals surface area contributed by atoms with Crippen molar-refractivity contribution < 1.29 is 4.79 Å². The van der Waals surface area contributed by atoms with Gasteiger partial charge in [0.25, 0.3) is 0 Å². The van der Waals surface area contributed by atoms with Gasteiger partial charge in [-0.1, -0.05) is 42.0 Å². The van der Waals surface area contributed by atoms with Crippen molar-refractivity contribution in [3.63, 3.8) is 0 Å². The van der Waals surface area contributed by atoms with Gasteiger partial charge in [0.15, 0.2) is 0 Å². The number of carbonyl (C=O) groups is 1. The van der Waals surface area contributed by atoms with E-state index in [0.717, 1.165) is 12.8 Å². The highest BCUT2D eigenvalue weighted by Gasteiger charge is 2.19. The minimum Gasteiger partial charge on any atom is -0.299 e. The van der Waals surface area contributed by atoms with E-state index >= 15 is 0 Å². The maximum Gasteiger partial charge on any atom is 0.143 e. The molecular formula is C14H16O. The molecule has 0 heterocycles. The fraction of sp³-hybridized carbons (Fsp3) is 0.357. The second kappa shape index (κ2) is 4.43. The summed E-state index contributed by atoms with van der Waals surface area (Å²) in [4.78, 5) is 11.4. The van der Waals surface area contributed by atoms with Crippen molar-refractivity contribution in [2.75, 3.05) is 0 Å². The predicted molar refractivity (Wildman–Crippen MR) is 61.8 cm³/mol. The van der Waals surface area contributed by atoms with Gasteiger partial charge in [-0.25, -0.2) is 0 Å². The molecule has 0 fully saturated rings. The molecule has 0 spiro atoms. The number of benzene rings is 1. The number of allylic oxidation sites excluding steroid dienone is 2. The summed E-state index contributed by atoms with van der Waals surface area (Å²) in [7, 11) is 0. The lowest BCUT2D eigenvalue weighted by molar-refractivity contribution is -0.119. The highest BCUT2D eigenvalue weighted by Crippen LogP contribution is 2.19. The molecule has 0 saturated carbocycles. The van der Waals surface area contributed by atoms with Crippen LogP contribution in [0.25, 0.3) is 0 Å². The largest absolute Gasteiger partial charge is 0.299 e. The molecule has 0 bridgehead atoms. The van der Waals surface area contributed by atoms with Crippen LogP contribution >= 0.6 is 0 Å². The van der Waals surface area contributed by atoms with E-state index in [1.165, 1.54) is 11.1 Å². The number of rotatable bonds is 5. The lowest BCUT2D eigenvalue weighted by atomic mass is 10.0. The van der Waals surface area contributed by atoms with E-state index in [1.54, 1.807) is 0 Å². The second-order valence-corrected chi connectivity index (χ2v) is 4.22. The Bertz CT molecular complexity index is 367. The monoisotopic (exact) mass is 200 g/mol. The minimum absolute atomic E-state index is 0.183. The quantitative estimate of drug-likeness (QED) is 0.667. The number of carbonyl (C=O) groups excluding carboxylic acids is 1. The van der Waals surface area contributed by atoms with E-state index in [-0.39, 0.29) is 5.92 Å². The smallest absolute Gasteiger partial charge is 0.143 e. The molecule has 2 rings (SSSR count). The van der Waals surface area contributed by atoms with Crippen LogP contribution in [0.15, 0.2) is 36.4 Å². The summed E-state index contributed by atoms with van der Waals surface area (Å²) in [5.41, 5.74) is 2.62. The first kappa shape index (κ1) is 10.2. The van der Waals surface area contributed by atoms with Crippen LogP contribution in [0.1, 0.15) is 24.0 Å². The molecule has 1 nitrogen and oxygen atoms in total. The Hall–Kier alpha value is -1.37. The Morgan fingerprint density at radius 2 is 1.87 bits per heavy atom. The number of ketones is 1. The summed E-state index contributed by atoms with van der Waals surface area (Å²) in [6, 6.07) is 8.55. The van der Waals surface area contributed by atoms with E-state index in [9.17, 15) is 4.79 Å². The number of hydrogen-bond donors (Lipinski definition) is 0. The van der Waals surface area contributed by atoms with Crippen LogP contribution in [-0.4, -0.2) is 5.78 Å². The van der Waals surface area contributed by atoms with Crippen LogP contribution in [0.2, 0.25) is 0 Å². The molecular weight excluding hydrogens is 184 g/mol. The average Bonchev–Trinajstić information content (AvgIpc) is 3.04.